The third-order valence-corrected chi connectivity index (χ3v) is 5.33. The first-order chi connectivity index (χ1) is 8.65. The van der Waals surface area contributed by atoms with Crippen LogP contribution in [0.1, 0.15) is 6.92 Å². The Bertz CT molecular complexity index is 552. The van der Waals surface area contributed by atoms with E-state index < -0.39 is 28.8 Å². The van der Waals surface area contributed by atoms with Crippen LogP contribution in [-0.4, -0.2) is 37.4 Å². The minimum absolute atomic E-state index is 0.0647. The third-order valence-electron chi connectivity index (χ3n) is 2.31. The summed E-state index contributed by atoms with van der Waals surface area (Å²) in [6.07, 6.45) is 0. The minimum atomic E-state index is -4.07. The summed E-state index contributed by atoms with van der Waals surface area (Å²) in [6, 6.07) is 2.77. The molecule has 0 radical (unpaired) electrons. The minimum Gasteiger partial charge on any atom is -0.394 e. The summed E-state index contributed by atoms with van der Waals surface area (Å²) in [5.41, 5.74) is -1.40. The molecule has 5 nitrogen and oxygen atoms in total. The standard InChI is InChI=1S/C10H12BrCl2NO4S/c1-10(4-15,5-16)14-19(17,18)9-7(12)2-6(11)3-8(9)13/h2-3,14-16H,4-5H2,1H3. The first-order valence-corrected chi connectivity index (χ1v) is 8.08. The second-order valence-corrected chi connectivity index (χ2v) is 7.53. The molecule has 0 aliphatic heterocycles. The van der Waals surface area contributed by atoms with Gasteiger partial charge < -0.3 is 10.2 Å². The molecule has 0 aromatic heterocycles. The van der Waals surface area contributed by atoms with Crippen molar-refractivity contribution in [3.63, 3.8) is 0 Å². The molecule has 1 aromatic rings. The lowest BCUT2D eigenvalue weighted by Crippen LogP contribution is -2.51. The van der Waals surface area contributed by atoms with Gasteiger partial charge in [0.2, 0.25) is 10.0 Å². The Labute approximate surface area is 129 Å². The van der Waals surface area contributed by atoms with Crippen molar-refractivity contribution in [1.82, 2.24) is 4.72 Å². The number of rotatable bonds is 5. The van der Waals surface area contributed by atoms with E-state index in [9.17, 15) is 8.42 Å². The average Bonchev–Trinajstić information content (AvgIpc) is 2.26. The maximum atomic E-state index is 12.2. The molecule has 0 aliphatic carbocycles. The average molecular weight is 393 g/mol. The van der Waals surface area contributed by atoms with Crippen LogP contribution in [0.4, 0.5) is 0 Å². The van der Waals surface area contributed by atoms with Crippen LogP contribution in [0.5, 0.6) is 0 Å². The predicted octanol–water partition coefficient (Wildman–Crippen LogP) is 1.78. The SMILES string of the molecule is CC(CO)(CO)NS(=O)(=O)c1c(Cl)cc(Br)cc1Cl. The summed E-state index contributed by atoms with van der Waals surface area (Å²) in [5, 5.41) is 18.1. The molecule has 9 heteroatoms. The Balaban J connectivity index is 3.29. The highest BCUT2D eigenvalue weighted by atomic mass is 79.9. The highest BCUT2D eigenvalue weighted by molar-refractivity contribution is 9.10. The van der Waals surface area contributed by atoms with E-state index in [4.69, 9.17) is 33.4 Å². The molecule has 0 bridgehead atoms. The van der Waals surface area contributed by atoms with Gasteiger partial charge in [-0.15, -0.1) is 0 Å². The van der Waals surface area contributed by atoms with Crippen molar-refractivity contribution in [3.8, 4) is 0 Å². The van der Waals surface area contributed by atoms with Crippen molar-refractivity contribution in [2.24, 2.45) is 0 Å². The highest BCUT2D eigenvalue weighted by Gasteiger charge is 2.32. The maximum Gasteiger partial charge on any atom is 0.244 e. The van der Waals surface area contributed by atoms with Gasteiger partial charge in [-0.25, -0.2) is 13.1 Å². The van der Waals surface area contributed by atoms with E-state index >= 15 is 0 Å². The van der Waals surface area contributed by atoms with Crippen molar-refractivity contribution in [1.29, 1.82) is 0 Å². The molecule has 1 rings (SSSR count). The first-order valence-electron chi connectivity index (χ1n) is 5.05. The molecule has 0 saturated heterocycles. The van der Waals surface area contributed by atoms with E-state index in [1.165, 1.54) is 19.1 Å². The molecule has 0 unspecified atom stereocenters. The number of hydrogen-bond donors (Lipinski definition) is 3. The quantitative estimate of drug-likeness (QED) is 0.712. The summed E-state index contributed by atoms with van der Waals surface area (Å²) in [5.74, 6) is 0. The number of sulfonamides is 1. The van der Waals surface area contributed by atoms with E-state index in [2.05, 4.69) is 20.7 Å². The number of halogens is 3. The largest absolute Gasteiger partial charge is 0.394 e. The van der Waals surface area contributed by atoms with Crippen molar-refractivity contribution in [3.05, 3.63) is 26.7 Å². The van der Waals surface area contributed by atoms with Crippen molar-refractivity contribution in [2.45, 2.75) is 17.4 Å². The number of benzene rings is 1. The Hall–Kier alpha value is 0.110. The number of hydrogen-bond acceptors (Lipinski definition) is 4. The Morgan fingerprint density at radius 1 is 1.26 bits per heavy atom. The number of nitrogens with one attached hydrogen (secondary N) is 1. The lowest BCUT2D eigenvalue weighted by Gasteiger charge is -2.26. The topological polar surface area (TPSA) is 86.6 Å². The van der Waals surface area contributed by atoms with Gasteiger partial charge >= 0.3 is 0 Å². The summed E-state index contributed by atoms with van der Waals surface area (Å²) in [4.78, 5) is -0.299. The summed E-state index contributed by atoms with van der Waals surface area (Å²) < 4.78 is 27.1. The predicted molar refractivity (Wildman–Crippen MR) is 77.1 cm³/mol. The molecule has 0 saturated carbocycles. The third kappa shape index (κ3) is 4.04. The van der Waals surface area contributed by atoms with Crippen LogP contribution in [0.2, 0.25) is 10.0 Å². The molecule has 0 atom stereocenters. The van der Waals surface area contributed by atoms with Crippen molar-refractivity contribution in [2.75, 3.05) is 13.2 Å². The molecule has 19 heavy (non-hydrogen) atoms. The van der Waals surface area contributed by atoms with Crippen LogP contribution in [0.25, 0.3) is 0 Å². The van der Waals surface area contributed by atoms with Crippen molar-refractivity contribution < 1.29 is 18.6 Å². The van der Waals surface area contributed by atoms with Crippen LogP contribution in [0.3, 0.4) is 0 Å². The second-order valence-electron chi connectivity index (χ2n) is 4.18. The molecule has 3 N–H and O–H groups in total. The van der Waals surface area contributed by atoms with E-state index in [1.807, 2.05) is 0 Å². The number of aliphatic hydroxyl groups excluding tert-OH is 2. The zero-order chi connectivity index (χ0) is 14.8. The van der Waals surface area contributed by atoms with Crippen LogP contribution >= 0.6 is 39.1 Å². The maximum absolute atomic E-state index is 12.2. The summed E-state index contributed by atoms with van der Waals surface area (Å²) in [6.45, 7) is 0.203. The monoisotopic (exact) mass is 391 g/mol. The van der Waals surface area contributed by atoms with Crippen LogP contribution in [0.15, 0.2) is 21.5 Å². The van der Waals surface area contributed by atoms with E-state index in [1.54, 1.807) is 0 Å². The molecular weight excluding hydrogens is 381 g/mol. The molecule has 108 valence electrons. The molecule has 0 spiro atoms. The Kier molecular flexibility index (Phi) is 5.65. The van der Waals surface area contributed by atoms with Crippen LogP contribution < -0.4 is 4.72 Å². The second kappa shape index (κ2) is 6.26. The van der Waals surface area contributed by atoms with Gasteiger partial charge in [-0.1, -0.05) is 39.1 Å². The normalized spacial score (nSPS) is 12.7. The molecule has 0 fully saturated rings. The van der Waals surface area contributed by atoms with Gasteiger partial charge in [0, 0.05) is 4.47 Å². The van der Waals surface area contributed by atoms with E-state index in [0.717, 1.165) is 0 Å². The van der Waals surface area contributed by atoms with Gasteiger partial charge in [-0.05, 0) is 19.1 Å². The lowest BCUT2D eigenvalue weighted by molar-refractivity contribution is 0.122. The Morgan fingerprint density at radius 2 is 1.68 bits per heavy atom. The molecular formula is C10H12BrCl2NO4S. The molecule has 0 amide bonds. The van der Waals surface area contributed by atoms with E-state index in [0.29, 0.717) is 4.47 Å². The smallest absolute Gasteiger partial charge is 0.244 e. The van der Waals surface area contributed by atoms with Crippen molar-refractivity contribution >= 4 is 49.2 Å². The zero-order valence-electron chi connectivity index (χ0n) is 9.82. The number of aliphatic hydroxyl groups is 2. The molecule has 0 heterocycles. The summed E-state index contributed by atoms with van der Waals surface area (Å²) >= 11 is 14.9. The first kappa shape index (κ1) is 17.2. The van der Waals surface area contributed by atoms with Crippen LogP contribution in [-0.2, 0) is 10.0 Å². The summed E-state index contributed by atoms with van der Waals surface area (Å²) in [7, 11) is -4.07. The van der Waals surface area contributed by atoms with E-state index in [-0.39, 0.29) is 14.9 Å². The van der Waals surface area contributed by atoms with Gasteiger partial charge in [0.15, 0.2) is 0 Å². The molecule has 1 aromatic carbocycles. The van der Waals surface area contributed by atoms with Gasteiger partial charge in [0.05, 0.1) is 28.8 Å². The fourth-order valence-electron chi connectivity index (χ4n) is 1.28. The van der Waals surface area contributed by atoms with Gasteiger partial charge in [0.1, 0.15) is 4.90 Å². The van der Waals surface area contributed by atoms with Crippen LogP contribution in [0, 0.1) is 0 Å². The lowest BCUT2D eigenvalue weighted by atomic mass is 10.1. The fourth-order valence-corrected chi connectivity index (χ4v) is 4.60. The molecule has 0 aliphatic rings. The van der Waals surface area contributed by atoms with Gasteiger partial charge in [-0.2, -0.15) is 0 Å². The highest BCUT2D eigenvalue weighted by Crippen LogP contribution is 2.33. The van der Waals surface area contributed by atoms with Gasteiger partial charge in [0.25, 0.3) is 0 Å². The fraction of sp³-hybridized carbons (Fsp3) is 0.400. The zero-order valence-corrected chi connectivity index (χ0v) is 13.7. The van der Waals surface area contributed by atoms with Gasteiger partial charge in [-0.3, -0.25) is 0 Å². The Morgan fingerprint density at radius 3 is 2.05 bits per heavy atom.